The van der Waals surface area contributed by atoms with Crippen LogP contribution in [0.25, 0.3) is 10.8 Å². The molecule has 2 amide bonds. The lowest BCUT2D eigenvalue weighted by Crippen LogP contribution is -2.40. The Bertz CT molecular complexity index is 1090. The molecule has 0 radical (unpaired) electrons. The van der Waals surface area contributed by atoms with Crippen molar-refractivity contribution < 1.29 is 21.9 Å². The van der Waals surface area contributed by atoms with Crippen molar-refractivity contribution in [2.75, 3.05) is 4.90 Å². The first-order chi connectivity index (χ1) is 14.3. The maximum Gasteiger partial charge on any atom is 0.265 e. The Kier molecular flexibility index (Phi) is 5.95. The van der Waals surface area contributed by atoms with Gasteiger partial charge in [0.1, 0.15) is 15.3 Å². The first-order valence-electron chi connectivity index (χ1n) is 9.80. The van der Waals surface area contributed by atoms with Crippen LogP contribution in [0.5, 0.6) is 0 Å². The lowest BCUT2D eigenvalue weighted by Gasteiger charge is -2.27. The molecule has 0 aliphatic carbocycles. The van der Waals surface area contributed by atoms with Crippen LogP contribution in [0.1, 0.15) is 54.6 Å². The Morgan fingerprint density at radius 3 is 1.86 bits per heavy atom. The number of nitrogens with zero attached hydrogens (tertiary/aromatic N) is 1. The van der Waals surface area contributed by atoms with Gasteiger partial charge in [0, 0.05) is 22.1 Å². The van der Waals surface area contributed by atoms with Gasteiger partial charge in [-0.1, -0.05) is 50.2 Å². The molecule has 142 valence electrons. The zero-order chi connectivity index (χ0) is 22.4. The maximum absolute atomic E-state index is 12.9. The van der Waals surface area contributed by atoms with E-state index in [0.29, 0.717) is 16.5 Å². The monoisotopic (exact) mass is 377 g/mol. The first kappa shape index (κ1) is 17.8. The zero-order valence-corrected chi connectivity index (χ0v) is 15.9. The van der Waals surface area contributed by atoms with Gasteiger partial charge in [0.2, 0.25) is 0 Å². The van der Waals surface area contributed by atoms with Crippen molar-refractivity contribution in [1.82, 2.24) is 0 Å². The number of carbonyl (C=O) groups is 4. The van der Waals surface area contributed by atoms with Crippen LogP contribution in [0.4, 0.5) is 5.69 Å². The minimum absolute atomic E-state index is 0.130. The summed E-state index contributed by atoms with van der Waals surface area (Å²) in [7, 11) is 0. The molecular weight excluding hydrogens is 354 g/mol. The third-order valence-electron chi connectivity index (χ3n) is 3.99. The molecule has 0 N–H and O–H groups in total. The van der Waals surface area contributed by atoms with Crippen molar-refractivity contribution in [3.8, 4) is 0 Å². The van der Waals surface area contributed by atoms with Gasteiger partial charge >= 0.3 is 0 Å². The summed E-state index contributed by atoms with van der Waals surface area (Å²) in [6, 6.07) is 16.6. The van der Waals surface area contributed by atoms with Crippen LogP contribution in [0.2, 0.25) is 0 Å². The summed E-state index contributed by atoms with van der Waals surface area (Å²) in [5.74, 6) is -0.863. The molecule has 3 aromatic carbocycles. The highest BCUT2D eigenvalue weighted by molar-refractivity contribution is 6.35. The van der Waals surface area contributed by atoms with E-state index in [4.69, 9.17) is 7.54 Å². The second-order valence-corrected chi connectivity index (χ2v) is 5.51. The van der Waals surface area contributed by atoms with E-state index in [1.165, 1.54) is 19.1 Å². The van der Waals surface area contributed by atoms with E-state index in [9.17, 15) is 14.4 Å². The lowest BCUT2D eigenvalue weighted by atomic mass is 9.93. The highest BCUT2D eigenvalue weighted by Gasteiger charge is 2.33. The Balaban J connectivity index is 0.000000481. The molecule has 5 nitrogen and oxygen atoms in total. The minimum atomic E-state index is -0.865. The SMILES string of the molecule is CC.[2H]C(=O)c1cccc(N2C(=O)c3cccc4cccc(c34)C2=O)c1.[2H]C(C)=O. The average molecular weight is 377 g/mol. The maximum atomic E-state index is 12.9. The molecule has 5 heteroatoms. The minimum Gasteiger partial charge on any atom is -0.304 e. The number of amides is 2. The molecule has 1 aliphatic rings. The van der Waals surface area contributed by atoms with Crippen LogP contribution in [-0.2, 0) is 4.79 Å². The second-order valence-electron chi connectivity index (χ2n) is 5.51. The van der Waals surface area contributed by atoms with Gasteiger partial charge in [-0.3, -0.25) is 14.4 Å². The quantitative estimate of drug-likeness (QED) is 0.480. The number of aldehydes is 2. The first-order valence-corrected chi connectivity index (χ1v) is 8.80. The van der Waals surface area contributed by atoms with Crippen molar-refractivity contribution >= 4 is 40.8 Å². The van der Waals surface area contributed by atoms with Crippen LogP contribution in [0, 0.1) is 0 Å². The number of anilines is 1. The molecule has 4 rings (SSSR count). The van der Waals surface area contributed by atoms with E-state index in [1.54, 1.807) is 36.4 Å². The second kappa shape index (κ2) is 9.37. The Labute approximate surface area is 166 Å². The summed E-state index contributed by atoms with van der Waals surface area (Å²) < 4.78 is 13.2. The number of imide groups is 1. The Hall–Kier alpha value is -3.60. The van der Waals surface area contributed by atoms with Crippen molar-refractivity contribution in [3.63, 3.8) is 0 Å². The molecule has 0 bridgehead atoms. The number of benzene rings is 3. The highest BCUT2D eigenvalue weighted by atomic mass is 16.2. The molecule has 0 saturated carbocycles. The molecule has 0 spiro atoms. The third kappa shape index (κ3) is 3.74. The molecule has 0 unspecified atom stereocenters. The highest BCUT2D eigenvalue weighted by Crippen LogP contribution is 2.32. The largest absolute Gasteiger partial charge is 0.304 e. The summed E-state index contributed by atoms with van der Waals surface area (Å²) in [6.45, 7) is 5.19. The number of hydrogen-bond donors (Lipinski definition) is 0. The Morgan fingerprint density at radius 2 is 1.36 bits per heavy atom. The van der Waals surface area contributed by atoms with Crippen LogP contribution in [-0.4, -0.2) is 24.3 Å². The molecular formula is C23H21NO4. The molecule has 0 aromatic heterocycles. The molecule has 3 aromatic rings. The van der Waals surface area contributed by atoms with E-state index in [1.807, 2.05) is 26.0 Å². The summed E-state index contributed by atoms with van der Waals surface area (Å²) in [5, 5.41) is 1.49. The van der Waals surface area contributed by atoms with Gasteiger partial charge < -0.3 is 4.79 Å². The predicted octanol–water partition coefficient (Wildman–Crippen LogP) is 4.68. The van der Waals surface area contributed by atoms with Gasteiger partial charge in [-0.25, -0.2) is 4.90 Å². The standard InChI is InChI=1S/C19H11NO3.C2H4O.C2H6/c21-11-12-4-1-7-14(10-12)20-18(22)15-8-2-5-13-6-3-9-16(17(13)15)19(20)23;1-2-3;1-2/h1-11H;2H,1H3;1-2H3/i11D;2D;. The normalized spacial score (nSPS) is 12.8. The van der Waals surface area contributed by atoms with E-state index in [-0.39, 0.29) is 11.3 Å². The van der Waals surface area contributed by atoms with Crippen molar-refractivity contribution in [3.05, 3.63) is 77.4 Å². The van der Waals surface area contributed by atoms with E-state index < -0.39 is 24.3 Å². The van der Waals surface area contributed by atoms with Gasteiger partial charge in [-0.2, -0.15) is 0 Å². The van der Waals surface area contributed by atoms with Crippen LogP contribution in [0.15, 0.2) is 60.7 Å². The number of hydrogen-bond acceptors (Lipinski definition) is 4. The van der Waals surface area contributed by atoms with Gasteiger partial charge in [-0.15, -0.1) is 0 Å². The van der Waals surface area contributed by atoms with Gasteiger partial charge in [0.15, 0.2) is 0 Å². The molecule has 1 heterocycles. The smallest absolute Gasteiger partial charge is 0.265 e. The average Bonchev–Trinajstić information content (AvgIpc) is 2.73. The van der Waals surface area contributed by atoms with Crippen LogP contribution >= 0.6 is 0 Å². The van der Waals surface area contributed by atoms with Gasteiger partial charge in [0.05, 0.1) is 5.69 Å². The molecule has 0 atom stereocenters. The van der Waals surface area contributed by atoms with Crippen LogP contribution < -0.4 is 4.90 Å². The van der Waals surface area contributed by atoms with E-state index >= 15 is 0 Å². The topological polar surface area (TPSA) is 71.5 Å². The van der Waals surface area contributed by atoms with Gasteiger partial charge in [0.25, 0.3) is 11.8 Å². The fourth-order valence-electron chi connectivity index (χ4n) is 2.97. The van der Waals surface area contributed by atoms with Crippen molar-refractivity contribution in [2.24, 2.45) is 0 Å². The van der Waals surface area contributed by atoms with Crippen LogP contribution in [0.3, 0.4) is 0 Å². The van der Waals surface area contributed by atoms with E-state index in [2.05, 4.69) is 0 Å². The summed E-state index contributed by atoms with van der Waals surface area (Å²) >= 11 is 0. The Morgan fingerprint density at radius 1 is 0.857 bits per heavy atom. The summed E-state index contributed by atoms with van der Waals surface area (Å²) in [6.07, 6.45) is -1.45. The van der Waals surface area contributed by atoms with Crippen molar-refractivity contribution in [2.45, 2.75) is 20.8 Å². The predicted molar refractivity (Wildman–Crippen MR) is 110 cm³/mol. The molecule has 28 heavy (non-hydrogen) atoms. The zero-order valence-electron chi connectivity index (χ0n) is 17.9. The van der Waals surface area contributed by atoms with Gasteiger partial charge in [-0.05, 0) is 36.6 Å². The lowest BCUT2D eigenvalue weighted by molar-refractivity contribution is -0.106. The molecule has 0 saturated heterocycles. The fraction of sp³-hybridized carbons (Fsp3) is 0.130. The molecule has 1 aliphatic heterocycles. The fourth-order valence-corrected chi connectivity index (χ4v) is 2.97. The van der Waals surface area contributed by atoms with E-state index in [0.717, 1.165) is 10.3 Å². The molecule has 0 fully saturated rings. The number of rotatable bonds is 2. The summed E-state index contributed by atoms with van der Waals surface area (Å²) in [5.41, 5.74) is 1.32. The third-order valence-corrected chi connectivity index (χ3v) is 3.99. The number of carbonyl (C=O) groups excluding carboxylic acids is 4. The van der Waals surface area contributed by atoms with Crippen molar-refractivity contribution in [1.29, 1.82) is 0 Å². The summed E-state index contributed by atoms with van der Waals surface area (Å²) in [4.78, 5) is 47.2.